The number of hydrogen-bond acceptors (Lipinski definition) is 4. The lowest BCUT2D eigenvalue weighted by atomic mass is 10.1. The molecule has 1 unspecified atom stereocenters. The van der Waals surface area contributed by atoms with Crippen LogP contribution in [0.4, 0.5) is 19.0 Å². The molecule has 1 heterocycles. The highest BCUT2D eigenvalue weighted by molar-refractivity contribution is 7.84. The Morgan fingerprint density at radius 3 is 2.44 bits per heavy atom. The Hall–Kier alpha value is -2.26. The van der Waals surface area contributed by atoms with Crippen LogP contribution in [-0.2, 0) is 34.8 Å². The number of hydrogen-bond donors (Lipinski definition) is 2. The van der Waals surface area contributed by atoms with E-state index in [9.17, 15) is 22.2 Å². The number of carbonyl (C=O) groups is 1. The Labute approximate surface area is 144 Å². The van der Waals surface area contributed by atoms with Crippen LogP contribution in [0.2, 0.25) is 0 Å². The van der Waals surface area contributed by atoms with Gasteiger partial charge < -0.3 is 10.4 Å². The maximum absolute atomic E-state index is 13.1. The molecule has 0 aliphatic heterocycles. The lowest BCUT2D eigenvalue weighted by Gasteiger charge is -2.13. The standard InChI is InChI=1S/C16H15F3N2O3S/c1-25(24)13-4-2-10(6-12(13)16(17,18)19)7-15(23)21-14-5-3-11(9-22)8-20-14/h2-6,8,22H,7,9H2,1H3,(H,20,21,23). The summed E-state index contributed by atoms with van der Waals surface area (Å²) in [4.78, 5) is 15.6. The smallest absolute Gasteiger partial charge is 0.392 e. The van der Waals surface area contributed by atoms with Gasteiger partial charge in [0.2, 0.25) is 5.91 Å². The number of anilines is 1. The molecule has 2 aromatic rings. The highest BCUT2D eigenvalue weighted by Gasteiger charge is 2.34. The number of alkyl halides is 3. The van der Waals surface area contributed by atoms with Crippen LogP contribution in [0.5, 0.6) is 0 Å². The summed E-state index contributed by atoms with van der Waals surface area (Å²) in [7, 11) is -1.79. The van der Waals surface area contributed by atoms with Crippen LogP contribution in [0.15, 0.2) is 41.4 Å². The Bertz CT molecular complexity index is 792. The van der Waals surface area contributed by atoms with Gasteiger partial charge in [0.1, 0.15) is 5.82 Å². The van der Waals surface area contributed by atoms with E-state index >= 15 is 0 Å². The summed E-state index contributed by atoms with van der Waals surface area (Å²) in [6, 6.07) is 6.34. The van der Waals surface area contributed by atoms with Gasteiger partial charge in [-0.1, -0.05) is 12.1 Å². The van der Waals surface area contributed by atoms with E-state index in [4.69, 9.17) is 5.11 Å². The molecule has 0 aliphatic rings. The Morgan fingerprint density at radius 1 is 1.24 bits per heavy atom. The van der Waals surface area contributed by atoms with Crippen molar-refractivity contribution in [1.29, 1.82) is 0 Å². The third-order valence-corrected chi connectivity index (χ3v) is 4.27. The van der Waals surface area contributed by atoms with Crippen molar-refractivity contribution >= 4 is 22.5 Å². The Kier molecular flexibility index (Phi) is 5.91. The molecule has 2 rings (SSSR count). The lowest BCUT2D eigenvalue weighted by molar-refractivity contribution is -0.140. The van der Waals surface area contributed by atoms with Gasteiger partial charge in [0.15, 0.2) is 0 Å². The van der Waals surface area contributed by atoms with Gasteiger partial charge >= 0.3 is 6.18 Å². The summed E-state index contributed by atoms with van der Waals surface area (Å²) in [6.07, 6.45) is -2.40. The maximum atomic E-state index is 13.1. The fourth-order valence-corrected chi connectivity index (χ4v) is 2.87. The largest absolute Gasteiger partial charge is 0.417 e. The van der Waals surface area contributed by atoms with Crippen LogP contribution in [0.1, 0.15) is 16.7 Å². The monoisotopic (exact) mass is 372 g/mol. The van der Waals surface area contributed by atoms with Crippen molar-refractivity contribution in [2.24, 2.45) is 0 Å². The number of aromatic nitrogens is 1. The molecule has 1 aromatic carbocycles. The van der Waals surface area contributed by atoms with Gasteiger partial charge in [-0.3, -0.25) is 9.00 Å². The van der Waals surface area contributed by atoms with Gasteiger partial charge in [-0.2, -0.15) is 13.2 Å². The number of halogens is 3. The lowest BCUT2D eigenvalue weighted by Crippen LogP contribution is -2.17. The van der Waals surface area contributed by atoms with E-state index in [-0.39, 0.29) is 29.3 Å². The van der Waals surface area contributed by atoms with Crippen LogP contribution >= 0.6 is 0 Å². The number of rotatable bonds is 5. The van der Waals surface area contributed by atoms with E-state index in [1.165, 1.54) is 24.6 Å². The number of carbonyl (C=O) groups excluding carboxylic acids is 1. The number of aliphatic hydroxyl groups is 1. The van der Waals surface area contributed by atoms with Gasteiger partial charge in [-0.05, 0) is 29.3 Å². The first-order valence-corrected chi connectivity index (χ1v) is 8.65. The van der Waals surface area contributed by atoms with Crippen LogP contribution in [0.25, 0.3) is 0 Å². The summed E-state index contributed by atoms with van der Waals surface area (Å²) in [6.45, 7) is -0.188. The number of nitrogens with zero attached hydrogens (tertiary/aromatic N) is 1. The zero-order chi connectivity index (χ0) is 18.6. The van der Waals surface area contributed by atoms with Crippen molar-refractivity contribution in [3.05, 3.63) is 53.2 Å². The van der Waals surface area contributed by atoms with Crippen molar-refractivity contribution < 1.29 is 27.3 Å². The van der Waals surface area contributed by atoms with Crippen molar-refractivity contribution in [3.8, 4) is 0 Å². The minimum absolute atomic E-state index is 0.144. The van der Waals surface area contributed by atoms with Gasteiger partial charge in [0.25, 0.3) is 0 Å². The second-order valence-corrected chi connectivity index (χ2v) is 6.57. The van der Waals surface area contributed by atoms with Crippen LogP contribution in [-0.4, -0.2) is 26.5 Å². The van der Waals surface area contributed by atoms with Crippen LogP contribution in [0.3, 0.4) is 0 Å². The van der Waals surface area contributed by atoms with Gasteiger partial charge in [0, 0.05) is 12.5 Å². The molecule has 1 amide bonds. The number of aliphatic hydroxyl groups excluding tert-OH is 1. The molecular weight excluding hydrogens is 357 g/mol. The van der Waals surface area contributed by atoms with E-state index in [1.807, 2.05) is 0 Å². The first kappa shape index (κ1) is 19.1. The Morgan fingerprint density at radius 2 is 1.92 bits per heavy atom. The van der Waals surface area contributed by atoms with Gasteiger partial charge in [0.05, 0.1) is 34.3 Å². The SMILES string of the molecule is CS(=O)c1ccc(CC(=O)Nc2ccc(CO)cn2)cc1C(F)(F)F. The average molecular weight is 372 g/mol. The fourth-order valence-electron chi connectivity index (χ4n) is 2.12. The zero-order valence-corrected chi connectivity index (χ0v) is 13.9. The number of amides is 1. The van der Waals surface area contributed by atoms with E-state index in [0.717, 1.165) is 12.1 Å². The highest BCUT2D eigenvalue weighted by atomic mass is 32.2. The first-order valence-electron chi connectivity index (χ1n) is 7.10. The molecule has 0 saturated heterocycles. The first-order chi connectivity index (χ1) is 11.7. The molecule has 0 bridgehead atoms. The van der Waals surface area contributed by atoms with E-state index < -0.39 is 28.4 Å². The molecule has 0 radical (unpaired) electrons. The van der Waals surface area contributed by atoms with Crippen molar-refractivity contribution in [1.82, 2.24) is 4.98 Å². The molecular formula is C16H15F3N2O3S. The molecule has 25 heavy (non-hydrogen) atoms. The molecule has 1 aromatic heterocycles. The normalized spacial score (nSPS) is 12.7. The van der Waals surface area contributed by atoms with Crippen molar-refractivity contribution in [3.63, 3.8) is 0 Å². The van der Waals surface area contributed by atoms with Crippen LogP contribution in [0, 0.1) is 0 Å². The minimum Gasteiger partial charge on any atom is -0.392 e. The molecule has 5 nitrogen and oxygen atoms in total. The number of pyridine rings is 1. The third kappa shape index (κ3) is 5.10. The van der Waals surface area contributed by atoms with Gasteiger partial charge in [-0.25, -0.2) is 4.98 Å². The summed E-state index contributed by atoms with van der Waals surface area (Å²) < 4.78 is 50.7. The zero-order valence-electron chi connectivity index (χ0n) is 13.1. The molecule has 2 N–H and O–H groups in total. The molecule has 0 spiro atoms. The quantitative estimate of drug-likeness (QED) is 0.845. The molecule has 9 heteroatoms. The van der Waals surface area contributed by atoms with E-state index in [2.05, 4.69) is 10.3 Å². The number of benzene rings is 1. The third-order valence-electron chi connectivity index (χ3n) is 3.30. The predicted molar refractivity (Wildman–Crippen MR) is 86.3 cm³/mol. The predicted octanol–water partition coefficient (Wildman–Crippen LogP) is 2.51. The van der Waals surface area contributed by atoms with Crippen molar-refractivity contribution in [2.75, 3.05) is 11.6 Å². The second kappa shape index (κ2) is 7.75. The summed E-state index contributed by atoms with van der Waals surface area (Å²) >= 11 is 0. The van der Waals surface area contributed by atoms with E-state index in [1.54, 1.807) is 6.07 Å². The fraction of sp³-hybridized carbons (Fsp3) is 0.250. The van der Waals surface area contributed by atoms with Gasteiger partial charge in [-0.15, -0.1) is 0 Å². The maximum Gasteiger partial charge on any atom is 0.417 e. The summed E-state index contributed by atoms with van der Waals surface area (Å²) in [5.74, 6) is -0.313. The molecule has 0 aliphatic carbocycles. The van der Waals surface area contributed by atoms with Crippen LogP contribution < -0.4 is 5.32 Å². The number of nitrogens with one attached hydrogen (secondary N) is 1. The second-order valence-electron chi connectivity index (χ2n) is 5.22. The molecule has 1 atom stereocenters. The average Bonchev–Trinajstić information content (AvgIpc) is 2.54. The summed E-state index contributed by atoms with van der Waals surface area (Å²) in [5.41, 5.74) is -0.300. The molecule has 0 saturated carbocycles. The minimum atomic E-state index is -4.66. The summed E-state index contributed by atoms with van der Waals surface area (Å²) in [5, 5.41) is 11.4. The molecule has 0 fully saturated rings. The Balaban J connectivity index is 2.16. The van der Waals surface area contributed by atoms with E-state index in [0.29, 0.717) is 5.56 Å². The van der Waals surface area contributed by atoms with Crippen molar-refractivity contribution in [2.45, 2.75) is 24.1 Å². The molecule has 134 valence electrons. The highest BCUT2D eigenvalue weighted by Crippen LogP contribution is 2.34. The topological polar surface area (TPSA) is 79.3 Å².